The topological polar surface area (TPSA) is 0 Å². The van der Waals surface area contributed by atoms with Crippen LogP contribution in [0.5, 0.6) is 0 Å². The van der Waals surface area contributed by atoms with Crippen molar-refractivity contribution < 1.29 is 0 Å². The summed E-state index contributed by atoms with van der Waals surface area (Å²) in [4.78, 5) is 0. The molecule has 6 aromatic carbocycles. The lowest BCUT2D eigenvalue weighted by atomic mass is 9.99. The van der Waals surface area contributed by atoms with Crippen LogP contribution in [0.3, 0.4) is 0 Å². The third kappa shape index (κ3) is 2.99. The number of benzene rings is 6. The Morgan fingerprint density at radius 1 is 0.300 bits per heavy atom. The van der Waals surface area contributed by atoms with Crippen molar-refractivity contribution in [2.75, 3.05) is 0 Å². The molecule has 0 N–H and O–H groups in total. The van der Waals surface area contributed by atoms with Crippen LogP contribution in [0.1, 0.15) is 0 Å². The fraction of sp³-hybridized carbons (Fsp3) is 0. The van der Waals surface area contributed by atoms with Gasteiger partial charge >= 0.3 is 0 Å². The molecule has 4 heteroatoms. The van der Waals surface area contributed by atoms with Gasteiger partial charge in [-0.15, -0.1) is 45.3 Å². The normalized spacial score (nSPS) is 12.5. The lowest BCUT2D eigenvalue weighted by molar-refractivity contribution is 1.71. The molecule has 40 heavy (non-hydrogen) atoms. The molecule has 0 aliphatic rings. The molecule has 0 radical (unpaired) electrons. The molecule has 0 saturated heterocycles. The van der Waals surface area contributed by atoms with Gasteiger partial charge < -0.3 is 0 Å². The molecular formula is C36H18S4. The van der Waals surface area contributed by atoms with E-state index in [0.29, 0.717) is 0 Å². The Kier molecular flexibility index (Phi) is 4.33. The summed E-state index contributed by atoms with van der Waals surface area (Å²) in [7, 11) is 0. The fourth-order valence-electron chi connectivity index (χ4n) is 6.25. The average molecular weight is 579 g/mol. The summed E-state index contributed by atoms with van der Waals surface area (Å²) < 4.78 is 11.2. The molecular weight excluding hydrogens is 561 g/mol. The van der Waals surface area contributed by atoms with E-state index < -0.39 is 0 Å². The van der Waals surface area contributed by atoms with Crippen molar-refractivity contribution in [3.8, 4) is 11.1 Å². The van der Waals surface area contributed by atoms with Gasteiger partial charge in [0, 0.05) is 40.3 Å². The maximum Gasteiger partial charge on any atom is 0.0542 e. The van der Waals surface area contributed by atoms with E-state index in [2.05, 4.69) is 109 Å². The molecule has 0 spiro atoms. The highest BCUT2D eigenvalue weighted by Crippen LogP contribution is 2.47. The Hall–Kier alpha value is -3.80. The van der Waals surface area contributed by atoms with Crippen molar-refractivity contribution in [2.45, 2.75) is 0 Å². The molecule has 10 rings (SSSR count). The first-order valence-corrected chi connectivity index (χ1v) is 16.6. The molecule has 0 bridgehead atoms. The molecule has 0 atom stereocenters. The van der Waals surface area contributed by atoms with Crippen LogP contribution in [0.4, 0.5) is 0 Å². The molecule has 0 fully saturated rings. The minimum Gasteiger partial charge on any atom is -0.134 e. The first-order valence-electron chi connectivity index (χ1n) is 13.3. The second-order valence-corrected chi connectivity index (χ2v) is 14.7. The van der Waals surface area contributed by atoms with Crippen molar-refractivity contribution in [1.29, 1.82) is 0 Å². The minimum atomic E-state index is 1.28. The van der Waals surface area contributed by atoms with Gasteiger partial charge in [-0.3, -0.25) is 0 Å². The zero-order valence-corrected chi connectivity index (χ0v) is 24.3. The van der Waals surface area contributed by atoms with Crippen LogP contribution in [-0.2, 0) is 0 Å². The quantitative estimate of drug-likeness (QED) is 0.182. The zero-order valence-electron chi connectivity index (χ0n) is 21.0. The van der Waals surface area contributed by atoms with Crippen LogP contribution in [0.2, 0.25) is 0 Å². The summed E-state index contributed by atoms with van der Waals surface area (Å²) in [6, 6.07) is 41.1. The van der Waals surface area contributed by atoms with E-state index >= 15 is 0 Å². The highest BCUT2D eigenvalue weighted by molar-refractivity contribution is 7.37. The summed E-state index contributed by atoms with van der Waals surface area (Å²) in [5.41, 5.74) is 2.57. The van der Waals surface area contributed by atoms with Gasteiger partial charge in [-0.2, -0.15) is 0 Å². The second-order valence-electron chi connectivity index (χ2n) is 10.5. The second kappa shape index (κ2) is 7.90. The van der Waals surface area contributed by atoms with E-state index in [9.17, 15) is 0 Å². The minimum absolute atomic E-state index is 1.28. The van der Waals surface area contributed by atoms with E-state index in [4.69, 9.17) is 0 Å². The molecule has 0 nitrogen and oxygen atoms in total. The van der Waals surface area contributed by atoms with E-state index in [1.54, 1.807) is 0 Å². The Bertz CT molecular complexity index is 2660. The number of thiophene rings is 4. The van der Waals surface area contributed by atoms with Crippen LogP contribution in [0.15, 0.2) is 109 Å². The molecule has 186 valence electrons. The number of hydrogen-bond acceptors (Lipinski definition) is 4. The Labute approximate surface area is 245 Å². The third-order valence-corrected chi connectivity index (χ3v) is 13.3. The smallest absolute Gasteiger partial charge is 0.0542 e. The number of rotatable bonds is 1. The van der Waals surface area contributed by atoms with E-state index in [1.165, 1.54) is 91.8 Å². The van der Waals surface area contributed by atoms with Gasteiger partial charge in [-0.05, 0) is 81.2 Å². The van der Waals surface area contributed by atoms with Crippen LogP contribution in [-0.4, -0.2) is 0 Å². The molecule has 10 aromatic rings. The average Bonchev–Trinajstić information content (AvgIpc) is 3.72. The first kappa shape index (κ1) is 22.0. The Morgan fingerprint density at radius 2 is 0.800 bits per heavy atom. The monoisotopic (exact) mass is 578 g/mol. The lowest BCUT2D eigenvalue weighted by Gasteiger charge is -2.06. The molecule has 4 heterocycles. The van der Waals surface area contributed by atoms with Crippen LogP contribution < -0.4 is 0 Å². The van der Waals surface area contributed by atoms with Crippen LogP contribution >= 0.6 is 45.3 Å². The predicted octanol–water partition coefficient (Wildman–Crippen LogP) is 12.8. The van der Waals surface area contributed by atoms with Gasteiger partial charge in [-0.25, -0.2) is 0 Å². The van der Waals surface area contributed by atoms with Crippen molar-refractivity contribution in [3.63, 3.8) is 0 Å². The van der Waals surface area contributed by atoms with Gasteiger partial charge in [0.2, 0.25) is 0 Å². The summed E-state index contributed by atoms with van der Waals surface area (Å²) in [5, 5.41) is 10.8. The molecule has 0 aliphatic carbocycles. The highest BCUT2D eigenvalue weighted by Gasteiger charge is 2.15. The maximum atomic E-state index is 2.43. The van der Waals surface area contributed by atoms with E-state index in [-0.39, 0.29) is 0 Å². The molecule has 0 unspecified atom stereocenters. The molecule has 0 amide bonds. The largest absolute Gasteiger partial charge is 0.134 e. The summed E-state index contributed by atoms with van der Waals surface area (Å²) in [5.74, 6) is 0. The summed E-state index contributed by atoms with van der Waals surface area (Å²) in [6.45, 7) is 0. The maximum absolute atomic E-state index is 2.43. The van der Waals surface area contributed by atoms with Gasteiger partial charge in [0.25, 0.3) is 0 Å². The Balaban J connectivity index is 1.16. The van der Waals surface area contributed by atoms with Crippen LogP contribution in [0.25, 0.3) is 91.8 Å². The predicted molar refractivity (Wildman–Crippen MR) is 183 cm³/mol. The summed E-state index contributed by atoms with van der Waals surface area (Å²) >= 11 is 7.72. The standard InChI is InChI=1S/C36H18S4/c1-2-6-20-17-31-27(14-19(20)5-1)35-36(39-31)28-16-24-13-21(9-10-23(24)18-32(28)40-35)22-11-12-30-26(15-22)34-33(38-30)25-7-3-4-8-29(25)37-34/h1-18H. The molecule has 0 saturated carbocycles. The first-order chi connectivity index (χ1) is 19.8. The van der Waals surface area contributed by atoms with Crippen molar-refractivity contribution in [1.82, 2.24) is 0 Å². The lowest BCUT2D eigenvalue weighted by Crippen LogP contribution is -1.79. The van der Waals surface area contributed by atoms with Crippen molar-refractivity contribution >= 4 is 126 Å². The number of hydrogen-bond donors (Lipinski definition) is 0. The SMILES string of the molecule is c1ccc2cc3c(cc2c1)sc1c2cc4cc(-c5ccc6sc7c8ccccc8sc7c6c5)ccc4cc2sc31. The van der Waals surface area contributed by atoms with Crippen molar-refractivity contribution in [3.05, 3.63) is 109 Å². The number of fused-ring (bicyclic) bond motifs is 12. The Morgan fingerprint density at radius 3 is 1.57 bits per heavy atom. The van der Waals surface area contributed by atoms with Gasteiger partial charge in [0.05, 0.1) is 18.8 Å². The summed E-state index contributed by atoms with van der Waals surface area (Å²) in [6.07, 6.45) is 0. The fourth-order valence-corrected chi connectivity index (χ4v) is 11.6. The van der Waals surface area contributed by atoms with Crippen LogP contribution in [0, 0.1) is 0 Å². The van der Waals surface area contributed by atoms with Gasteiger partial charge in [0.15, 0.2) is 0 Å². The van der Waals surface area contributed by atoms with Crippen molar-refractivity contribution in [2.24, 2.45) is 0 Å². The third-order valence-electron chi connectivity index (χ3n) is 8.23. The van der Waals surface area contributed by atoms with Gasteiger partial charge in [-0.1, -0.05) is 60.7 Å². The van der Waals surface area contributed by atoms with Gasteiger partial charge in [0.1, 0.15) is 0 Å². The molecule has 4 aromatic heterocycles. The zero-order chi connectivity index (χ0) is 25.9. The molecule has 0 aliphatic heterocycles. The van der Waals surface area contributed by atoms with E-state index in [1.807, 2.05) is 45.3 Å². The van der Waals surface area contributed by atoms with E-state index in [0.717, 1.165) is 0 Å². The highest BCUT2D eigenvalue weighted by atomic mass is 32.1.